The van der Waals surface area contributed by atoms with Crippen LogP contribution in [-0.2, 0) is 9.59 Å². The Labute approximate surface area is 183 Å². The first-order valence-corrected chi connectivity index (χ1v) is 12.0. The van der Waals surface area contributed by atoms with Gasteiger partial charge in [-0.3, -0.25) is 14.5 Å². The maximum absolute atomic E-state index is 12.6. The van der Waals surface area contributed by atoms with Crippen molar-refractivity contribution in [1.82, 2.24) is 0 Å². The molecule has 4 rings (SSSR count). The van der Waals surface area contributed by atoms with Gasteiger partial charge in [0, 0.05) is 17.8 Å². The first kappa shape index (κ1) is 21.0. The summed E-state index contributed by atoms with van der Waals surface area (Å²) in [5.74, 6) is 1.44. The Kier molecular flexibility index (Phi) is 6.47. The molecule has 158 valence electrons. The van der Waals surface area contributed by atoms with Gasteiger partial charge in [-0.1, -0.05) is 43.9 Å². The van der Waals surface area contributed by atoms with Crippen LogP contribution in [0.5, 0.6) is 0 Å². The number of carbonyl (C=O) groups is 2. The highest BCUT2D eigenvalue weighted by Gasteiger charge is 2.34. The molecule has 0 radical (unpaired) electrons. The Balaban J connectivity index is 1.42. The highest BCUT2D eigenvalue weighted by Crippen LogP contribution is 2.42. The fraction of sp³-hybridized carbons (Fsp3) is 0.440. The van der Waals surface area contributed by atoms with Crippen LogP contribution in [0.15, 0.2) is 42.5 Å². The van der Waals surface area contributed by atoms with Crippen LogP contribution in [0.2, 0.25) is 0 Å². The molecule has 1 saturated heterocycles. The number of nitrogens with one attached hydrogen (secondary N) is 1. The van der Waals surface area contributed by atoms with Crippen LogP contribution in [0.1, 0.15) is 60.6 Å². The van der Waals surface area contributed by atoms with Crippen molar-refractivity contribution in [2.75, 3.05) is 16.0 Å². The molecular weight excluding hydrogens is 392 g/mol. The molecular formula is C25H30N2O2S. The summed E-state index contributed by atoms with van der Waals surface area (Å²) in [6.07, 6.45) is 6.77. The molecule has 5 heteroatoms. The number of hydrogen-bond donors (Lipinski definition) is 1. The monoisotopic (exact) mass is 422 g/mol. The Hall–Kier alpha value is -2.27. The lowest BCUT2D eigenvalue weighted by molar-refractivity contribution is -0.117. The van der Waals surface area contributed by atoms with E-state index in [1.54, 1.807) is 11.8 Å². The van der Waals surface area contributed by atoms with E-state index in [0.717, 1.165) is 40.4 Å². The zero-order chi connectivity index (χ0) is 21.1. The van der Waals surface area contributed by atoms with Gasteiger partial charge < -0.3 is 5.32 Å². The molecule has 2 fully saturated rings. The summed E-state index contributed by atoms with van der Waals surface area (Å²) in [6, 6.07) is 14.2. The lowest BCUT2D eigenvalue weighted by atomic mass is 10.0. The molecule has 2 aromatic carbocycles. The standard InChI is InChI=1S/C25H30N2O2S/c1-17-13-18(2)15-22(14-17)27-24(29)16-30-25(27)20-8-10-21(11-9-20)26-23(28)12-7-19-5-3-4-6-19/h8-11,13-15,19,25H,3-7,12,16H2,1-2H3,(H,26,28)/t25-/m1/s1. The molecule has 0 spiro atoms. The van der Waals surface area contributed by atoms with E-state index in [2.05, 4.69) is 37.4 Å². The zero-order valence-corrected chi connectivity index (χ0v) is 18.6. The Morgan fingerprint density at radius 1 is 1.07 bits per heavy atom. The van der Waals surface area contributed by atoms with E-state index in [4.69, 9.17) is 0 Å². The molecule has 4 nitrogen and oxygen atoms in total. The molecule has 2 aliphatic rings. The number of carbonyl (C=O) groups excluding carboxylic acids is 2. The number of rotatable bonds is 6. The molecule has 1 heterocycles. The van der Waals surface area contributed by atoms with Crippen LogP contribution in [0, 0.1) is 19.8 Å². The average molecular weight is 423 g/mol. The van der Waals surface area contributed by atoms with Crippen LogP contribution in [0.3, 0.4) is 0 Å². The quantitative estimate of drug-likeness (QED) is 0.622. The summed E-state index contributed by atoms with van der Waals surface area (Å²) in [5, 5.41) is 2.99. The lowest BCUT2D eigenvalue weighted by Crippen LogP contribution is -2.28. The van der Waals surface area contributed by atoms with Gasteiger partial charge in [0.15, 0.2) is 0 Å². The zero-order valence-electron chi connectivity index (χ0n) is 17.8. The molecule has 30 heavy (non-hydrogen) atoms. The number of hydrogen-bond acceptors (Lipinski definition) is 3. The highest BCUT2D eigenvalue weighted by atomic mass is 32.2. The Morgan fingerprint density at radius 2 is 1.73 bits per heavy atom. The second-order valence-electron chi connectivity index (χ2n) is 8.63. The first-order valence-electron chi connectivity index (χ1n) is 10.9. The summed E-state index contributed by atoms with van der Waals surface area (Å²) in [5.41, 5.74) is 5.17. The van der Waals surface area contributed by atoms with Gasteiger partial charge >= 0.3 is 0 Å². The molecule has 1 saturated carbocycles. The van der Waals surface area contributed by atoms with Gasteiger partial charge in [-0.05, 0) is 67.1 Å². The van der Waals surface area contributed by atoms with E-state index in [1.807, 2.05) is 29.2 Å². The summed E-state index contributed by atoms with van der Waals surface area (Å²) in [7, 11) is 0. The van der Waals surface area contributed by atoms with Gasteiger partial charge in [0.1, 0.15) is 5.37 Å². The topological polar surface area (TPSA) is 49.4 Å². The SMILES string of the molecule is Cc1cc(C)cc(N2C(=O)CS[C@@H]2c2ccc(NC(=O)CCC3CCCC3)cc2)c1. The summed E-state index contributed by atoms with van der Waals surface area (Å²) < 4.78 is 0. The first-order chi connectivity index (χ1) is 14.5. The third-order valence-corrected chi connectivity index (χ3v) is 7.30. The van der Waals surface area contributed by atoms with Crippen molar-refractivity contribution in [2.45, 2.75) is 57.7 Å². The summed E-state index contributed by atoms with van der Waals surface area (Å²) >= 11 is 1.65. The van der Waals surface area contributed by atoms with Gasteiger partial charge in [0.05, 0.1) is 5.75 Å². The number of amides is 2. The maximum atomic E-state index is 12.6. The van der Waals surface area contributed by atoms with Crippen LogP contribution < -0.4 is 10.2 Å². The Bertz CT molecular complexity index is 899. The third-order valence-electron chi connectivity index (χ3n) is 6.09. The smallest absolute Gasteiger partial charge is 0.238 e. The molecule has 2 aromatic rings. The largest absolute Gasteiger partial charge is 0.326 e. The normalized spacial score (nSPS) is 19.5. The number of thioether (sulfide) groups is 1. The third kappa shape index (κ3) is 4.89. The molecule has 1 aliphatic heterocycles. The fourth-order valence-electron chi connectivity index (χ4n) is 4.63. The number of aryl methyl sites for hydroxylation is 2. The molecule has 1 atom stereocenters. The van der Waals surface area contributed by atoms with E-state index in [-0.39, 0.29) is 17.2 Å². The van der Waals surface area contributed by atoms with Crippen molar-refractivity contribution in [2.24, 2.45) is 5.92 Å². The predicted molar refractivity (Wildman–Crippen MR) is 125 cm³/mol. The van der Waals surface area contributed by atoms with Crippen LogP contribution in [0.25, 0.3) is 0 Å². The molecule has 0 bridgehead atoms. The molecule has 0 aromatic heterocycles. The van der Waals surface area contributed by atoms with Gasteiger partial charge in [0.2, 0.25) is 11.8 Å². The van der Waals surface area contributed by atoms with Crippen LogP contribution >= 0.6 is 11.8 Å². The fourth-order valence-corrected chi connectivity index (χ4v) is 5.81. The number of benzene rings is 2. The second kappa shape index (κ2) is 9.25. The second-order valence-corrected chi connectivity index (χ2v) is 9.70. The van der Waals surface area contributed by atoms with Gasteiger partial charge in [0.25, 0.3) is 0 Å². The van der Waals surface area contributed by atoms with Crippen molar-refractivity contribution in [3.8, 4) is 0 Å². The molecule has 1 aliphatic carbocycles. The van der Waals surface area contributed by atoms with Gasteiger partial charge in [-0.2, -0.15) is 0 Å². The van der Waals surface area contributed by atoms with Crippen LogP contribution in [-0.4, -0.2) is 17.6 Å². The van der Waals surface area contributed by atoms with E-state index >= 15 is 0 Å². The van der Waals surface area contributed by atoms with E-state index in [0.29, 0.717) is 12.2 Å². The summed E-state index contributed by atoms with van der Waals surface area (Å²) in [6.45, 7) is 4.12. The van der Waals surface area contributed by atoms with E-state index in [9.17, 15) is 9.59 Å². The van der Waals surface area contributed by atoms with Crippen molar-refractivity contribution in [3.63, 3.8) is 0 Å². The van der Waals surface area contributed by atoms with Gasteiger partial charge in [-0.25, -0.2) is 0 Å². The van der Waals surface area contributed by atoms with E-state index in [1.165, 1.54) is 25.7 Å². The molecule has 1 N–H and O–H groups in total. The van der Waals surface area contributed by atoms with Crippen LogP contribution in [0.4, 0.5) is 11.4 Å². The predicted octanol–water partition coefficient (Wildman–Crippen LogP) is 5.99. The van der Waals surface area contributed by atoms with Crippen molar-refractivity contribution in [3.05, 3.63) is 59.2 Å². The van der Waals surface area contributed by atoms with Gasteiger partial charge in [-0.15, -0.1) is 11.8 Å². The average Bonchev–Trinajstić information content (AvgIpc) is 3.36. The molecule has 2 amide bonds. The van der Waals surface area contributed by atoms with Crippen molar-refractivity contribution >= 4 is 35.0 Å². The number of nitrogens with zero attached hydrogens (tertiary/aromatic N) is 1. The Morgan fingerprint density at radius 3 is 2.40 bits per heavy atom. The maximum Gasteiger partial charge on any atom is 0.238 e. The summed E-state index contributed by atoms with van der Waals surface area (Å²) in [4.78, 5) is 26.8. The number of anilines is 2. The highest BCUT2D eigenvalue weighted by molar-refractivity contribution is 8.00. The lowest BCUT2D eigenvalue weighted by Gasteiger charge is -2.25. The molecule has 0 unspecified atom stereocenters. The van der Waals surface area contributed by atoms with E-state index < -0.39 is 0 Å². The minimum atomic E-state index is -0.0363. The van der Waals surface area contributed by atoms with Crippen molar-refractivity contribution < 1.29 is 9.59 Å². The minimum Gasteiger partial charge on any atom is -0.326 e. The van der Waals surface area contributed by atoms with Crippen molar-refractivity contribution in [1.29, 1.82) is 0 Å². The minimum absolute atomic E-state index is 0.0363.